The van der Waals surface area contributed by atoms with E-state index in [1.54, 1.807) is 4.90 Å². The fraction of sp³-hybridized carbons (Fsp3) is 0.500. The number of amides is 1. The standard InChI is InChI=1S/C16H19FN2O2.ClH/c17-13-5-3-11(4-6-13)14(20)12-2-1-9-19(10-12)15(21)16(18)7-8-16;/h3-6,12H,1-2,7-10,18H2;1H. The van der Waals surface area contributed by atoms with Gasteiger partial charge in [-0.05, 0) is 49.9 Å². The van der Waals surface area contributed by atoms with Gasteiger partial charge in [-0.2, -0.15) is 0 Å². The van der Waals surface area contributed by atoms with Crippen molar-refractivity contribution >= 4 is 24.1 Å². The molecule has 1 aromatic rings. The van der Waals surface area contributed by atoms with E-state index in [0.717, 1.165) is 25.7 Å². The summed E-state index contributed by atoms with van der Waals surface area (Å²) in [5.74, 6) is -0.616. The lowest BCUT2D eigenvalue weighted by atomic mass is 9.89. The molecule has 1 aromatic carbocycles. The van der Waals surface area contributed by atoms with E-state index in [4.69, 9.17) is 5.73 Å². The van der Waals surface area contributed by atoms with E-state index in [0.29, 0.717) is 18.7 Å². The second kappa shape index (κ2) is 6.34. The van der Waals surface area contributed by atoms with Crippen LogP contribution in [0.3, 0.4) is 0 Å². The van der Waals surface area contributed by atoms with Crippen molar-refractivity contribution in [3.8, 4) is 0 Å². The molecule has 0 aromatic heterocycles. The highest BCUT2D eigenvalue weighted by Crippen LogP contribution is 2.35. The number of halogens is 2. The monoisotopic (exact) mass is 326 g/mol. The number of nitrogens with two attached hydrogens (primary N) is 1. The molecule has 0 bridgehead atoms. The Bertz CT molecular complexity index is 572. The summed E-state index contributed by atoms with van der Waals surface area (Å²) in [5, 5.41) is 0. The Balaban J connectivity index is 0.00000176. The molecule has 1 unspecified atom stereocenters. The van der Waals surface area contributed by atoms with Crippen LogP contribution < -0.4 is 5.73 Å². The van der Waals surface area contributed by atoms with Crippen molar-refractivity contribution in [2.75, 3.05) is 13.1 Å². The van der Waals surface area contributed by atoms with Crippen LogP contribution in [0.15, 0.2) is 24.3 Å². The Morgan fingerprint density at radius 1 is 1.23 bits per heavy atom. The number of likely N-dealkylation sites (tertiary alicyclic amines) is 1. The van der Waals surface area contributed by atoms with Gasteiger partial charge >= 0.3 is 0 Å². The number of carbonyl (C=O) groups excluding carboxylic acids is 2. The summed E-state index contributed by atoms with van der Waals surface area (Å²) in [5.41, 5.74) is 5.78. The fourth-order valence-electron chi connectivity index (χ4n) is 2.89. The van der Waals surface area contributed by atoms with Crippen LogP contribution in [0.4, 0.5) is 4.39 Å². The van der Waals surface area contributed by atoms with Crippen molar-refractivity contribution < 1.29 is 14.0 Å². The van der Waals surface area contributed by atoms with Gasteiger partial charge in [-0.3, -0.25) is 9.59 Å². The lowest BCUT2D eigenvalue weighted by molar-refractivity contribution is -0.135. The van der Waals surface area contributed by atoms with Gasteiger partial charge in [0, 0.05) is 24.6 Å². The summed E-state index contributed by atoms with van der Waals surface area (Å²) in [6, 6.07) is 5.59. The highest BCUT2D eigenvalue weighted by Gasteiger charge is 2.49. The minimum Gasteiger partial charge on any atom is -0.340 e. The van der Waals surface area contributed by atoms with Crippen LogP contribution in [0.25, 0.3) is 0 Å². The summed E-state index contributed by atoms with van der Waals surface area (Å²) < 4.78 is 12.9. The van der Waals surface area contributed by atoms with Crippen LogP contribution in [0, 0.1) is 11.7 Å². The molecule has 2 N–H and O–H groups in total. The van der Waals surface area contributed by atoms with E-state index in [9.17, 15) is 14.0 Å². The van der Waals surface area contributed by atoms with Gasteiger partial charge in [0.15, 0.2) is 5.78 Å². The Labute approximate surface area is 135 Å². The molecule has 2 fully saturated rings. The number of rotatable bonds is 3. The maximum Gasteiger partial charge on any atom is 0.242 e. The van der Waals surface area contributed by atoms with E-state index >= 15 is 0 Å². The second-order valence-electron chi connectivity index (χ2n) is 6.12. The first-order valence-electron chi connectivity index (χ1n) is 7.38. The number of benzene rings is 1. The number of nitrogens with zero attached hydrogens (tertiary/aromatic N) is 1. The van der Waals surface area contributed by atoms with Gasteiger partial charge in [-0.1, -0.05) is 0 Å². The molecule has 1 saturated heterocycles. The Hall–Kier alpha value is -1.46. The maximum atomic E-state index is 12.9. The third-order valence-corrected chi connectivity index (χ3v) is 4.42. The first kappa shape index (κ1) is 16.9. The second-order valence-corrected chi connectivity index (χ2v) is 6.12. The SMILES string of the molecule is Cl.NC1(C(=O)N2CCCC(C(=O)c3ccc(F)cc3)C2)CC1. The molecule has 0 spiro atoms. The smallest absolute Gasteiger partial charge is 0.242 e. The summed E-state index contributed by atoms with van der Waals surface area (Å²) in [4.78, 5) is 26.4. The third kappa shape index (κ3) is 3.31. The normalized spacial score (nSPS) is 22.6. The molecule has 22 heavy (non-hydrogen) atoms. The third-order valence-electron chi connectivity index (χ3n) is 4.42. The predicted octanol–water partition coefficient (Wildman–Crippen LogP) is 2.16. The molecular formula is C16H20ClFN2O2. The van der Waals surface area contributed by atoms with Crippen LogP contribution >= 0.6 is 12.4 Å². The molecule has 6 heteroatoms. The van der Waals surface area contributed by atoms with Gasteiger partial charge in [-0.25, -0.2) is 4.39 Å². The molecule has 1 amide bonds. The first-order valence-corrected chi connectivity index (χ1v) is 7.38. The van der Waals surface area contributed by atoms with Gasteiger partial charge in [0.2, 0.25) is 5.91 Å². The fourth-order valence-corrected chi connectivity index (χ4v) is 2.89. The molecule has 1 saturated carbocycles. The zero-order chi connectivity index (χ0) is 15.0. The highest BCUT2D eigenvalue weighted by molar-refractivity contribution is 5.98. The van der Waals surface area contributed by atoms with Crippen LogP contribution in [-0.2, 0) is 4.79 Å². The molecule has 2 aliphatic rings. The lowest BCUT2D eigenvalue weighted by Crippen LogP contribution is -2.50. The molecule has 120 valence electrons. The highest BCUT2D eigenvalue weighted by atomic mass is 35.5. The average molecular weight is 327 g/mol. The van der Waals surface area contributed by atoms with Crippen LogP contribution in [0.1, 0.15) is 36.0 Å². The minimum atomic E-state index is -0.680. The van der Waals surface area contributed by atoms with Crippen molar-refractivity contribution in [1.29, 1.82) is 0 Å². The predicted molar refractivity (Wildman–Crippen MR) is 83.4 cm³/mol. The Morgan fingerprint density at radius 2 is 1.86 bits per heavy atom. The minimum absolute atomic E-state index is 0. The van der Waals surface area contributed by atoms with E-state index in [2.05, 4.69) is 0 Å². The van der Waals surface area contributed by atoms with Crippen molar-refractivity contribution in [2.45, 2.75) is 31.2 Å². The van der Waals surface area contributed by atoms with E-state index in [-0.39, 0.29) is 35.8 Å². The first-order chi connectivity index (χ1) is 9.99. The topological polar surface area (TPSA) is 63.4 Å². The average Bonchev–Trinajstić information content (AvgIpc) is 3.26. The number of ketones is 1. The van der Waals surface area contributed by atoms with Gasteiger partial charge < -0.3 is 10.6 Å². The largest absolute Gasteiger partial charge is 0.340 e. The van der Waals surface area contributed by atoms with Crippen LogP contribution in [0.5, 0.6) is 0 Å². The molecule has 0 radical (unpaired) electrons. The lowest BCUT2D eigenvalue weighted by Gasteiger charge is -2.33. The molecule has 1 aliphatic heterocycles. The van der Waals surface area contributed by atoms with Gasteiger partial charge in [0.05, 0.1) is 5.54 Å². The van der Waals surface area contributed by atoms with Crippen molar-refractivity contribution in [2.24, 2.45) is 11.7 Å². The summed E-state index contributed by atoms with van der Waals surface area (Å²) in [6.45, 7) is 1.10. The number of piperidine rings is 1. The zero-order valence-corrected chi connectivity index (χ0v) is 13.1. The number of carbonyl (C=O) groups is 2. The molecule has 1 aliphatic carbocycles. The van der Waals surface area contributed by atoms with Gasteiger partial charge in [-0.15, -0.1) is 12.4 Å². The van der Waals surface area contributed by atoms with Gasteiger partial charge in [0.1, 0.15) is 5.82 Å². The van der Waals surface area contributed by atoms with Crippen molar-refractivity contribution in [3.63, 3.8) is 0 Å². The molecule has 1 heterocycles. The van der Waals surface area contributed by atoms with E-state index in [1.165, 1.54) is 24.3 Å². The van der Waals surface area contributed by atoms with E-state index < -0.39 is 5.54 Å². The number of hydrogen-bond acceptors (Lipinski definition) is 3. The number of Topliss-reactive ketones (excluding diaryl/α,β-unsaturated/α-hetero) is 1. The zero-order valence-electron chi connectivity index (χ0n) is 12.3. The summed E-state index contributed by atoms with van der Waals surface area (Å²) >= 11 is 0. The molecule has 3 rings (SSSR count). The summed E-state index contributed by atoms with van der Waals surface area (Å²) in [6.07, 6.45) is 3.04. The van der Waals surface area contributed by atoms with Gasteiger partial charge in [0.25, 0.3) is 0 Å². The van der Waals surface area contributed by atoms with E-state index in [1.807, 2.05) is 0 Å². The molecular weight excluding hydrogens is 307 g/mol. The van der Waals surface area contributed by atoms with Crippen molar-refractivity contribution in [3.05, 3.63) is 35.6 Å². The maximum absolute atomic E-state index is 12.9. The summed E-state index contributed by atoms with van der Waals surface area (Å²) in [7, 11) is 0. The van der Waals surface area contributed by atoms with Crippen molar-refractivity contribution in [1.82, 2.24) is 4.90 Å². The van der Waals surface area contributed by atoms with Crippen LogP contribution in [0.2, 0.25) is 0 Å². The Kier molecular flexibility index (Phi) is 4.87. The quantitative estimate of drug-likeness (QED) is 0.866. The Morgan fingerprint density at radius 3 is 2.45 bits per heavy atom. The number of hydrogen-bond donors (Lipinski definition) is 1. The molecule has 1 atom stereocenters. The molecule has 4 nitrogen and oxygen atoms in total. The van der Waals surface area contributed by atoms with Crippen LogP contribution in [-0.4, -0.2) is 35.2 Å².